The molecule has 2 rings (SSSR count). The number of hydrogen-bond acceptors (Lipinski definition) is 2. The van der Waals surface area contributed by atoms with Crippen LogP contribution < -0.4 is 0 Å². The molecule has 1 N–H and O–H groups in total. The third-order valence-corrected chi connectivity index (χ3v) is 3.20. The van der Waals surface area contributed by atoms with E-state index < -0.39 is 0 Å². The predicted molar refractivity (Wildman–Crippen MR) is 64.0 cm³/mol. The van der Waals surface area contributed by atoms with Crippen LogP contribution in [0.2, 0.25) is 0 Å². The summed E-state index contributed by atoms with van der Waals surface area (Å²) in [6.07, 6.45) is 8.25. The Morgan fingerprint density at radius 3 is 2.88 bits per heavy atom. The Kier molecular flexibility index (Phi) is 2.89. The highest BCUT2D eigenvalue weighted by molar-refractivity contribution is 5.17. The Balaban J connectivity index is 2.13. The summed E-state index contributed by atoms with van der Waals surface area (Å²) in [6.45, 7) is 4.42. The summed E-state index contributed by atoms with van der Waals surface area (Å²) in [5.74, 6) is 1.07. The molecule has 3 heteroatoms. The summed E-state index contributed by atoms with van der Waals surface area (Å²) in [5, 5.41) is 9.81. The molecular formula is C13H20N2O. The van der Waals surface area contributed by atoms with Gasteiger partial charge in [0.1, 0.15) is 5.82 Å². The van der Waals surface area contributed by atoms with Gasteiger partial charge in [0.15, 0.2) is 0 Å². The highest BCUT2D eigenvalue weighted by atomic mass is 16.3. The highest BCUT2D eigenvalue weighted by Gasteiger charge is 2.27. The van der Waals surface area contributed by atoms with Crippen LogP contribution in [-0.4, -0.2) is 20.8 Å². The molecule has 0 fully saturated rings. The minimum absolute atomic E-state index is 0.203. The van der Waals surface area contributed by atoms with Gasteiger partial charge < -0.3 is 9.67 Å². The Bertz CT molecular complexity index is 404. The summed E-state index contributed by atoms with van der Waals surface area (Å²) in [5.41, 5.74) is 1.51. The molecule has 0 radical (unpaired) electrons. The standard InChI is InChI=1S/C13H20N2O/c1-13(2)8-10(6-11(16)9-13)7-12-14-4-5-15(12)3/h4-6,11,16H,7-9H2,1-3H3. The number of nitrogens with zero attached hydrogens (tertiary/aromatic N) is 2. The number of allylic oxidation sites excluding steroid dienone is 1. The van der Waals surface area contributed by atoms with Crippen molar-refractivity contribution >= 4 is 0 Å². The fourth-order valence-corrected chi connectivity index (χ4v) is 2.53. The second kappa shape index (κ2) is 4.06. The van der Waals surface area contributed by atoms with E-state index in [1.165, 1.54) is 5.57 Å². The molecule has 1 aliphatic carbocycles. The first-order valence-electron chi connectivity index (χ1n) is 5.80. The Morgan fingerprint density at radius 1 is 1.56 bits per heavy atom. The maximum atomic E-state index is 9.81. The molecule has 1 unspecified atom stereocenters. The Labute approximate surface area is 96.8 Å². The molecular weight excluding hydrogens is 200 g/mol. The van der Waals surface area contributed by atoms with Crippen LogP contribution in [0.5, 0.6) is 0 Å². The van der Waals surface area contributed by atoms with Crippen molar-refractivity contribution in [2.24, 2.45) is 12.5 Å². The average Bonchev–Trinajstić information content (AvgIpc) is 2.48. The number of rotatable bonds is 2. The fourth-order valence-electron chi connectivity index (χ4n) is 2.53. The van der Waals surface area contributed by atoms with Crippen LogP contribution in [0.25, 0.3) is 0 Å². The zero-order valence-corrected chi connectivity index (χ0v) is 10.3. The second-order valence-electron chi connectivity index (χ2n) is 5.57. The topological polar surface area (TPSA) is 38.0 Å². The van der Waals surface area contributed by atoms with Crippen LogP contribution >= 0.6 is 0 Å². The van der Waals surface area contributed by atoms with Gasteiger partial charge in [-0.25, -0.2) is 4.98 Å². The lowest BCUT2D eigenvalue weighted by Crippen LogP contribution is -2.25. The minimum Gasteiger partial charge on any atom is -0.389 e. The largest absolute Gasteiger partial charge is 0.389 e. The van der Waals surface area contributed by atoms with Gasteiger partial charge in [-0.3, -0.25) is 0 Å². The van der Waals surface area contributed by atoms with Gasteiger partial charge in [0, 0.05) is 25.9 Å². The molecule has 1 atom stereocenters. The van der Waals surface area contributed by atoms with Crippen LogP contribution in [0.1, 0.15) is 32.5 Å². The first kappa shape index (κ1) is 11.4. The number of aliphatic hydroxyl groups is 1. The van der Waals surface area contributed by atoms with Gasteiger partial charge >= 0.3 is 0 Å². The van der Waals surface area contributed by atoms with Crippen molar-refractivity contribution in [2.45, 2.75) is 39.2 Å². The molecule has 1 aromatic heterocycles. The Morgan fingerprint density at radius 2 is 2.31 bits per heavy atom. The predicted octanol–water partition coefficient (Wildman–Crippen LogP) is 2.07. The highest BCUT2D eigenvalue weighted by Crippen LogP contribution is 2.36. The van der Waals surface area contributed by atoms with Crippen LogP contribution in [0.15, 0.2) is 24.0 Å². The minimum atomic E-state index is -0.293. The van der Waals surface area contributed by atoms with Crippen molar-refractivity contribution in [1.29, 1.82) is 0 Å². The summed E-state index contributed by atoms with van der Waals surface area (Å²) < 4.78 is 2.04. The maximum absolute atomic E-state index is 9.81. The number of imidazole rings is 1. The summed E-state index contributed by atoms with van der Waals surface area (Å²) in [6, 6.07) is 0. The lowest BCUT2D eigenvalue weighted by molar-refractivity contribution is 0.138. The summed E-state index contributed by atoms with van der Waals surface area (Å²) >= 11 is 0. The summed E-state index contributed by atoms with van der Waals surface area (Å²) in [4.78, 5) is 4.32. The van der Waals surface area contributed by atoms with E-state index in [0.717, 1.165) is 25.1 Å². The van der Waals surface area contributed by atoms with E-state index in [4.69, 9.17) is 0 Å². The van der Waals surface area contributed by atoms with E-state index in [-0.39, 0.29) is 11.5 Å². The third kappa shape index (κ3) is 2.53. The maximum Gasteiger partial charge on any atom is 0.112 e. The average molecular weight is 220 g/mol. The van der Waals surface area contributed by atoms with Gasteiger partial charge in [0.25, 0.3) is 0 Å². The second-order valence-corrected chi connectivity index (χ2v) is 5.57. The molecule has 3 nitrogen and oxygen atoms in total. The SMILES string of the molecule is Cn1ccnc1CC1=CC(O)CC(C)(C)C1. The number of aryl methyl sites for hydroxylation is 1. The van der Waals surface area contributed by atoms with Crippen molar-refractivity contribution < 1.29 is 5.11 Å². The van der Waals surface area contributed by atoms with E-state index in [9.17, 15) is 5.11 Å². The molecule has 1 aromatic rings. The monoisotopic (exact) mass is 220 g/mol. The normalized spacial score (nSPS) is 24.2. The van der Waals surface area contributed by atoms with Crippen molar-refractivity contribution in [3.63, 3.8) is 0 Å². The van der Waals surface area contributed by atoms with Gasteiger partial charge in [0.2, 0.25) is 0 Å². The molecule has 0 aliphatic heterocycles. The molecule has 0 spiro atoms. The first-order valence-corrected chi connectivity index (χ1v) is 5.80. The Hall–Kier alpha value is -1.09. The number of aliphatic hydroxyl groups excluding tert-OH is 1. The van der Waals surface area contributed by atoms with Gasteiger partial charge in [-0.05, 0) is 18.3 Å². The molecule has 0 aromatic carbocycles. The zero-order chi connectivity index (χ0) is 11.8. The van der Waals surface area contributed by atoms with Crippen molar-refractivity contribution in [1.82, 2.24) is 9.55 Å². The smallest absolute Gasteiger partial charge is 0.112 e. The molecule has 0 saturated carbocycles. The van der Waals surface area contributed by atoms with E-state index in [1.807, 2.05) is 30.1 Å². The molecule has 16 heavy (non-hydrogen) atoms. The van der Waals surface area contributed by atoms with Crippen LogP contribution in [0, 0.1) is 5.41 Å². The number of hydrogen-bond donors (Lipinski definition) is 1. The van der Waals surface area contributed by atoms with Crippen molar-refractivity contribution in [3.05, 3.63) is 29.9 Å². The fraction of sp³-hybridized carbons (Fsp3) is 0.615. The quantitative estimate of drug-likeness (QED) is 0.775. The van der Waals surface area contributed by atoms with E-state index in [1.54, 1.807) is 0 Å². The third-order valence-electron chi connectivity index (χ3n) is 3.20. The van der Waals surface area contributed by atoms with E-state index >= 15 is 0 Å². The van der Waals surface area contributed by atoms with E-state index in [0.29, 0.717) is 0 Å². The first-order chi connectivity index (χ1) is 7.46. The van der Waals surface area contributed by atoms with Crippen molar-refractivity contribution in [2.75, 3.05) is 0 Å². The number of aromatic nitrogens is 2. The molecule has 0 bridgehead atoms. The van der Waals surface area contributed by atoms with Crippen molar-refractivity contribution in [3.8, 4) is 0 Å². The molecule has 1 heterocycles. The lowest BCUT2D eigenvalue weighted by Gasteiger charge is -2.32. The van der Waals surface area contributed by atoms with E-state index in [2.05, 4.69) is 18.8 Å². The molecule has 0 saturated heterocycles. The van der Waals surface area contributed by atoms with Crippen LogP contribution in [0.3, 0.4) is 0 Å². The summed E-state index contributed by atoms with van der Waals surface area (Å²) in [7, 11) is 2.01. The zero-order valence-electron chi connectivity index (χ0n) is 10.3. The van der Waals surface area contributed by atoms with Gasteiger partial charge in [-0.2, -0.15) is 0 Å². The lowest BCUT2D eigenvalue weighted by atomic mass is 9.75. The molecule has 1 aliphatic rings. The van der Waals surface area contributed by atoms with Gasteiger partial charge in [-0.1, -0.05) is 25.5 Å². The van der Waals surface area contributed by atoms with Gasteiger partial charge in [-0.15, -0.1) is 0 Å². The molecule has 88 valence electrons. The van der Waals surface area contributed by atoms with Crippen LogP contribution in [-0.2, 0) is 13.5 Å². The van der Waals surface area contributed by atoms with Crippen LogP contribution in [0.4, 0.5) is 0 Å². The van der Waals surface area contributed by atoms with Gasteiger partial charge in [0.05, 0.1) is 6.10 Å². The molecule has 0 amide bonds.